The van der Waals surface area contributed by atoms with E-state index in [1.807, 2.05) is 0 Å². The Bertz CT molecular complexity index is 693. The molecule has 1 atom stereocenters. The largest absolute Gasteiger partial charge is 0.497 e. The molecule has 24 heavy (non-hydrogen) atoms. The van der Waals surface area contributed by atoms with E-state index >= 15 is 0 Å². The number of benzene rings is 1. The van der Waals surface area contributed by atoms with Gasteiger partial charge < -0.3 is 19.3 Å². The number of hydrogen-bond donors (Lipinski definition) is 1. The van der Waals surface area contributed by atoms with Crippen molar-refractivity contribution in [1.29, 1.82) is 0 Å². The van der Waals surface area contributed by atoms with Crippen molar-refractivity contribution >= 4 is 17.7 Å². The molecule has 0 saturated carbocycles. The smallest absolute Gasteiger partial charge is 0.311 e. The molecule has 1 heterocycles. The monoisotopic (exact) mass is 332 g/mol. The Morgan fingerprint density at radius 2 is 2.00 bits per heavy atom. The van der Waals surface area contributed by atoms with E-state index in [0.717, 1.165) is 5.56 Å². The molecule has 128 valence electrons. The van der Waals surface area contributed by atoms with Crippen LogP contribution in [0, 0.1) is 6.92 Å². The zero-order chi connectivity index (χ0) is 17.5. The Labute approximate surface area is 139 Å². The van der Waals surface area contributed by atoms with Crippen LogP contribution in [0.2, 0.25) is 0 Å². The first-order chi connectivity index (χ1) is 11.5. The lowest BCUT2D eigenvalue weighted by Gasteiger charge is -2.15. The predicted octanol–water partition coefficient (Wildman–Crippen LogP) is 2.49. The minimum Gasteiger partial charge on any atom is -0.497 e. The summed E-state index contributed by atoms with van der Waals surface area (Å²) in [6.07, 6.45) is -0.443. The number of carbonyl (C=O) groups excluding carboxylic acids is 2. The number of aromatic nitrogens is 1. The average Bonchev–Trinajstić information content (AvgIpc) is 2.98. The summed E-state index contributed by atoms with van der Waals surface area (Å²) in [6.45, 7) is 3.48. The Morgan fingerprint density at radius 1 is 1.29 bits per heavy atom. The van der Waals surface area contributed by atoms with Gasteiger partial charge in [-0.3, -0.25) is 9.59 Å². The highest BCUT2D eigenvalue weighted by atomic mass is 16.5. The van der Waals surface area contributed by atoms with Crippen LogP contribution in [0.25, 0.3) is 0 Å². The van der Waals surface area contributed by atoms with Crippen molar-refractivity contribution in [2.75, 3.05) is 12.4 Å². The maximum atomic E-state index is 12.1. The van der Waals surface area contributed by atoms with E-state index in [0.29, 0.717) is 23.7 Å². The van der Waals surface area contributed by atoms with Gasteiger partial charge in [-0.25, -0.2) is 0 Å². The van der Waals surface area contributed by atoms with Crippen molar-refractivity contribution in [3.63, 3.8) is 0 Å². The Hall–Kier alpha value is -2.83. The molecule has 0 aliphatic carbocycles. The van der Waals surface area contributed by atoms with Crippen LogP contribution >= 0.6 is 0 Å². The standard InChI is InChI=1S/C17H20N2O5/c1-4-14(17(21)18-15-9-11(2)24-19-15)23-16(20)10-12-5-7-13(22-3)8-6-12/h5-9,14H,4,10H2,1-3H3,(H,18,19,21)/t14-/m1/s1. The predicted molar refractivity (Wildman–Crippen MR) is 86.7 cm³/mol. The van der Waals surface area contributed by atoms with Crippen molar-refractivity contribution < 1.29 is 23.6 Å². The summed E-state index contributed by atoms with van der Waals surface area (Å²) in [6, 6.07) is 8.67. The second-order valence-electron chi connectivity index (χ2n) is 5.22. The van der Waals surface area contributed by atoms with Crippen molar-refractivity contribution in [2.45, 2.75) is 32.8 Å². The van der Waals surface area contributed by atoms with Gasteiger partial charge in [0.1, 0.15) is 11.5 Å². The van der Waals surface area contributed by atoms with Crippen molar-refractivity contribution in [1.82, 2.24) is 5.16 Å². The maximum absolute atomic E-state index is 12.1. The minimum atomic E-state index is -0.882. The van der Waals surface area contributed by atoms with Gasteiger partial charge in [0, 0.05) is 6.07 Å². The number of nitrogens with zero attached hydrogens (tertiary/aromatic N) is 1. The van der Waals surface area contributed by atoms with Gasteiger partial charge in [-0.2, -0.15) is 0 Å². The van der Waals surface area contributed by atoms with Gasteiger partial charge in [0.2, 0.25) is 0 Å². The highest BCUT2D eigenvalue weighted by molar-refractivity contribution is 5.94. The first-order valence-corrected chi connectivity index (χ1v) is 7.58. The number of methoxy groups -OCH3 is 1. The number of rotatable bonds is 7. The molecule has 2 rings (SSSR count). The van der Waals surface area contributed by atoms with E-state index in [-0.39, 0.29) is 6.42 Å². The summed E-state index contributed by atoms with van der Waals surface area (Å²) in [7, 11) is 1.57. The van der Waals surface area contributed by atoms with Gasteiger partial charge in [0.15, 0.2) is 11.9 Å². The first kappa shape index (κ1) is 17.5. The molecule has 1 aromatic carbocycles. The summed E-state index contributed by atoms with van der Waals surface area (Å²) in [5.41, 5.74) is 0.781. The third-order valence-electron chi connectivity index (χ3n) is 3.32. The molecular weight excluding hydrogens is 312 g/mol. The molecule has 0 unspecified atom stereocenters. The number of esters is 1. The van der Waals surface area contributed by atoms with Gasteiger partial charge in [-0.15, -0.1) is 0 Å². The molecule has 0 radical (unpaired) electrons. The zero-order valence-corrected chi connectivity index (χ0v) is 13.9. The Balaban J connectivity index is 1.90. The van der Waals surface area contributed by atoms with Crippen LogP contribution in [0.5, 0.6) is 5.75 Å². The van der Waals surface area contributed by atoms with Crippen LogP contribution in [0.1, 0.15) is 24.7 Å². The van der Waals surface area contributed by atoms with Gasteiger partial charge >= 0.3 is 5.97 Å². The number of nitrogens with one attached hydrogen (secondary N) is 1. The van der Waals surface area contributed by atoms with Gasteiger partial charge in [0.05, 0.1) is 13.5 Å². The zero-order valence-electron chi connectivity index (χ0n) is 13.9. The van der Waals surface area contributed by atoms with E-state index in [1.165, 1.54) is 0 Å². The summed E-state index contributed by atoms with van der Waals surface area (Å²) >= 11 is 0. The van der Waals surface area contributed by atoms with Crippen molar-refractivity contribution in [2.24, 2.45) is 0 Å². The summed E-state index contributed by atoms with van der Waals surface area (Å²) in [4.78, 5) is 24.2. The molecule has 1 amide bonds. The lowest BCUT2D eigenvalue weighted by atomic mass is 10.1. The fourth-order valence-corrected chi connectivity index (χ4v) is 2.06. The van der Waals surface area contributed by atoms with E-state index in [2.05, 4.69) is 10.5 Å². The second kappa shape index (κ2) is 8.14. The van der Waals surface area contributed by atoms with Crippen LogP contribution in [0.4, 0.5) is 5.82 Å². The maximum Gasteiger partial charge on any atom is 0.311 e. The van der Waals surface area contributed by atoms with Gasteiger partial charge in [0.25, 0.3) is 5.91 Å². The molecule has 1 N–H and O–H groups in total. The number of amides is 1. The van der Waals surface area contributed by atoms with E-state index in [9.17, 15) is 9.59 Å². The second-order valence-corrected chi connectivity index (χ2v) is 5.22. The van der Waals surface area contributed by atoms with Gasteiger partial charge in [-0.1, -0.05) is 24.2 Å². The van der Waals surface area contributed by atoms with E-state index in [4.69, 9.17) is 14.0 Å². The minimum absolute atomic E-state index is 0.0802. The number of hydrogen-bond acceptors (Lipinski definition) is 6. The Kier molecular flexibility index (Phi) is 5.95. The average molecular weight is 332 g/mol. The number of anilines is 1. The number of aryl methyl sites for hydroxylation is 1. The lowest BCUT2D eigenvalue weighted by molar-refractivity contribution is -0.153. The van der Waals surface area contributed by atoms with Crippen LogP contribution in [0.15, 0.2) is 34.9 Å². The quantitative estimate of drug-likeness (QED) is 0.783. The van der Waals surface area contributed by atoms with Crippen molar-refractivity contribution in [3.05, 3.63) is 41.7 Å². The van der Waals surface area contributed by atoms with Crippen LogP contribution in [-0.4, -0.2) is 30.2 Å². The third-order valence-corrected chi connectivity index (χ3v) is 3.32. The fraction of sp³-hybridized carbons (Fsp3) is 0.353. The highest BCUT2D eigenvalue weighted by Crippen LogP contribution is 2.13. The molecule has 0 fully saturated rings. The molecule has 0 aliphatic heterocycles. The number of carbonyl (C=O) groups is 2. The van der Waals surface area contributed by atoms with Crippen molar-refractivity contribution in [3.8, 4) is 5.75 Å². The molecule has 0 aliphatic rings. The summed E-state index contributed by atoms with van der Waals surface area (Å²) in [5.74, 6) is 0.671. The first-order valence-electron chi connectivity index (χ1n) is 7.58. The number of ether oxygens (including phenoxy) is 2. The molecule has 2 aromatic rings. The van der Waals surface area contributed by atoms with Gasteiger partial charge in [-0.05, 0) is 31.0 Å². The molecule has 0 saturated heterocycles. The van der Waals surface area contributed by atoms with Crippen LogP contribution < -0.4 is 10.1 Å². The molecule has 1 aromatic heterocycles. The van der Waals surface area contributed by atoms with E-state index < -0.39 is 18.0 Å². The summed E-state index contributed by atoms with van der Waals surface area (Å²) in [5, 5.41) is 6.24. The summed E-state index contributed by atoms with van der Waals surface area (Å²) < 4.78 is 15.2. The molecule has 7 nitrogen and oxygen atoms in total. The molecule has 0 spiro atoms. The van der Waals surface area contributed by atoms with Crippen LogP contribution in [-0.2, 0) is 20.7 Å². The lowest BCUT2D eigenvalue weighted by Crippen LogP contribution is -2.32. The molecule has 7 heteroatoms. The van der Waals surface area contributed by atoms with E-state index in [1.54, 1.807) is 51.3 Å². The van der Waals surface area contributed by atoms with Crippen LogP contribution in [0.3, 0.4) is 0 Å². The third kappa shape index (κ3) is 4.84. The molecular formula is C17H20N2O5. The SMILES string of the molecule is CC[C@@H](OC(=O)Cc1ccc(OC)cc1)C(=O)Nc1cc(C)on1. The topological polar surface area (TPSA) is 90.7 Å². The highest BCUT2D eigenvalue weighted by Gasteiger charge is 2.22. The fourth-order valence-electron chi connectivity index (χ4n) is 2.06. The Morgan fingerprint density at radius 3 is 2.54 bits per heavy atom. The normalized spacial score (nSPS) is 11.6. The molecule has 0 bridgehead atoms.